The Morgan fingerprint density at radius 3 is 2.67 bits per heavy atom. The van der Waals surface area contributed by atoms with Crippen LogP contribution in [0.2, 0.25) is 0 Å². The Labute approximate surface area is 171 Å². The monoisotopic (exact) mass is 405 g/mol. The van der Waals surface area contributed by atoms with E-state index in [0.717, 1.165) is 22.5 Å². The van der Waals surface area contributed by atoms with Crippen LogP contribution in [0.1, 0.15) is 11.3 Å². The lowest BCUT2D eigenvalue weighted by atomic mass is 10.1. The zero-order valence-electron chi connectivity index (χ0n) is 16.3. The SMILES string of the molecule is Cc1[nH]c2ccc(F)cc2c1CC(=O)NCC(=O)Nc1ccc(-n2cccn2)cc1. The van der Waals surface area contributed by atoms with E-state index in [4.69, 9.17) is 0 Å². The molecule has 2 heterocycles. The summed E-state index contributed by atoms with van der Waals surface area (Å²) in [5, 5.41) is 10.2. The summed E-state index contributed by atoms with van der Waals surface area (Å²) in [5.41, 5.74) is 3.78. The number of nitrogens with one attached hydrogen (secondary N) is 3. The second kappa shape index (κ2) is 8.20. The van der Waals surface area contributed by atoms with Crippen molar-refractivity contribution in [3.63, 3.8) is 0 Å². The first-order chi connectivity index (χ1) is 14.5. The minimum atomic E-state index is -0.360. The maximum Gasteiger partial charge on any atom is 0.243 e. The fourth-order valence-electron chi connectivity index (χ4n) is 3.31. The molecule has 152 valence electrons. The third-order valence-corrected chi connectivity index (χ3v) is 4.79. The Kier molecular flexibility index (Phi) is 5.30. The van der Waals surface area contributed by atoms with Crippen LogP contribution in [0.15, 0.2) is 60.9 Å². The molecule has 0 saturated heterocycles. The molecule has 0 bridgehead atoms. The normalized spacial score (nSPS) is 10.9. The third-order valence-electron chi connectivity index (χ3n) is 4.79. The molecule has 8 heteroatoms. The van der Waals surface area contributed by atoms with Gasteiger partial charge in [0.2, 0.25) is 11.8 Å². The lowest BCUT2D eigenvalue weighted by Crippen LogP contribution is -2.33. The molecule has 0 aliphatic carbocycles. The van der Waals surface area contributed by atoms with Gasteiger partial charge in [-0.1, -0.05) is 0 Å². The quantitative estimate of drug-likeness (QED) is 0.460. The molecule has 2 aromatic heterocycles. The Hall–Kier alpha value is -3.94. The molecule has 2 amide bonds. The van der Waals surface area contributed by atoms with Gasteiger partial charge in [-0.15, -0.1) is 0 Å². The van der Waals surface area contributed by atoms with Crippen molar-refractivity contribution in [2.24, 2.45) is 0 Å². The van der Waals surface area contributed by atoms with Crippen molar-refractivity contribution < 1.29 is 14.0 Å². The number of aromatic amines is 1. The highest BCUT2D eigenvalue weighted by atomic mass is 19.1. The standard InChI is InChI=1S/C22H20FN5O2/c1-14-18(19-11-15(23)3-8-20(19)26-14)12-21(29)24-13-22(30)27-16-4-6-17(7-5-16)28-10-2-9-25-28/h2-11,26H,12-13H2,1H3,(H,24,29)(H,27,30). The summed E-state index contributed by atoms with van der Waals surface area (Å²) in [6.45, 7) is 1.68. The van der Waals surface area contributed by atoms with E-state index in [0.29, 0.717) is 11.1 Å². The minimum absolute atomic E-state index is 0.0567. The van der Waals surface area contributed by atoms with E-state index in [2.05, 4.69) is 20.7 Å². The van der Waals surface area contributed by atoms with E-state index in [-0.39, 0.29) is 30.6 Å². The molecule has 0 aliphatic heterocycles. The average Bonchev–Trinajstić information content (AvgIpc) is 3.36. The Morgan fingerprint density at radius 2 is 1.93 bits per heavy atom. The highest BCUT2D eigenvalue weighted by Gasteiger charge is 2.14. The molecular formula is C22H20FN5O2. The number of aromatic nitrogens is 3. The molecule has 0 aliphatic rings. The van der Waals surface area contributed by atoms with Gasteiger partial charge < -0.3 is 15.6 Å². The molecular weight excluding hydrogens is 385 g/mol. The predicted molar refractivity (Wildman–Crippen MR) is 112 cm³/mol. The zero-order valence-corrected chi connectivity index (χ0v) is 16.3. The number of rotatable bonds is 6. The Bertz CT molecular complexity index is 1200. The summed E-state index contributed by atoms with van der Waals surface area (Å²) in [7, 11) is 0. The first-order valence-corrected chi connectivity index (χ1v) is 9.43. The van der Waals surface area contributed by atoms with Gasteiger partial charge in [0.1, 0.15) is 5.82 Å². The van der Waals surface area contributed by atoms with Crippen molar-refractivity contribution in [2.75, 3.05) is 11.9 Å². The number of nitrogens with zero attached hydrogens (tertiary/aromatic N) is 2. The van der Waals surface area contributed by atoms with E-state index in [1.165, 1.54) is 12.1 Å². The Morgan fingerprint density at radius 1 is 1.13 bits per heavy atom. The minimum Gasteiger partial charge on any atom is -0.358 e. The topological polar surface area (TPSA) is 91.8 Å². The second-order valence-corrected chi connectivity index (χ2v) is 6.92. The summed E-state index contributed by atoms with van der Waals surface area (Å²) in [6.07, 6.45) is 3.57. The second-order valence-electron chi connectivity index (χ2n) is 6.92. The fourth-order valence-corrected chi connectivity index (χ4v) is 3.31. The molecule has 4 aromatic rings. The van der Waals surface area contributed by atoms with Crippen molar-refractivity contribution >= 4 is 28.4 Å². The molecule has 0 saturated carbocycles. The van der Waals surface area contributed by atoms with Crippen molar-refractivity contribution in [1.29, 1.82) is 0 Å². The third kappa shape index (κ3) is 4.22. The number of hydrogen-bond donors (Lipinski definition) is 3. The molecule has 4 rings (SSSR count). The Balaban J connectivity index is 1.32. The maximum atomic E-state index is 13.6. The van der Waals surface area contributed by atoms with Gasteiger partial charge in [-0.25, -0.2) is 9.07 Å². The fraction of sp³-hybridized carbons (Fsp3) is 0.136. The van der Waals surface area contributed by atoms with Gasteiger partial charge >= 0.3 is 0 Å². The number of fused-ring (bicyclic) bond motifs is 1. The van der Waals surface area contributed by atoms with Gasteiger partial charge in [-0.2, -0.15) is 5.10 Å². The highest BCUT2D eigenvalue weighted by molar-refractivity contribution is 5.96. The molecule has 0 fully saturated rings. The summed E-state index contributed by atoms with van der Waals surface area (Å²) in [5.74, 6) is -1.01. The van der Waals surface area contributed by atoms with E-state index in [1.807, 2.05) is 31.3 Å². The molecule has 0 atom stereocenters. The number of anilines is 1. The van der Waals surface area contributed by atoms with Crippen LogP contribution >= 0.6 is 0 Å². The van der Waals surface area contributed by atoms with Gasteiger partial charge in [-0.05, 0) is 61.0 Å². The molecule has 0 spiro atoms. The molecule has 3 N–H and O–H groups in total. The van der Waals surface area contributed by atoms with Crippen molar-refractivity contribution in [3.05, 3.63) is 78.0 Å². The first-order valence-electron chi connectivity index (χ1n) is 9.43. The number of halogens is 1. The number of H-pyrrole nitrogens is 1. The number of carbonyl (C=O) groups is 2. The number of amides is 2. The summed E-state index contributed by atoms with van der Waals surface area (Å²) >= 11 is 0. The van der Waals surface area contributed by atoms with Crippen LogP contribution in [0.4, 0.5) is 10.1 Å². The van der Waals surface area contributed by atoms with Crippen molar-refractivity contribution in [2.45, 2.75) is 13.3 Å². The summed E-state index contributed by atoms with van der Waals surface area (Å²) in [6, 6.07) is 13.4. The summed E-state index contributed by atoms with van der Waals surface area (Å²) < 4.78 is 15.3. The lowest BCUT2D eigenvalue weighted by Gasteiger charge is -2.08. The number of carbonyl (C=O) groups excluding carboxylic acids is 2. The van der Waals surface area contributed by atoms with Crippen LogP contribution in [0.3, 0.4) is 0 Å². The van der Waals surface area contributed by atoms with Crippen LogP contribution in [0.5, 0.6) is 0 Å². The zero-order chi connectivity index (χ0) is 21.1. The maximum absolute atomic E-state index is 13.6. The largest absolute Gasteiger partial charge is 0.358 e. The summed E-state index contributed by atoms with van der Waals surface area (Å²) in [4.78, 5) is 27.6. The van der Waals surface area contributed by atoms with E-state index < -0.39 is 0 Å². The first kappa shape index (κ1) is 19.4. The van der Waals surface area contributed by atoms with Crippen LogP contribution in [-0.2, 0) is 16.0 Å². The van der Waals surface area contributed by atoms with Gasteiger partial charge in [0.05, 0.1) is 18.7 Å². The molecule has 0 unspecified atom stereocenters. The van der Waals surface area contributed by atoms with Crippen LogP contribution in [0.25, 0.3) is 16.6 Å². The van der Waals surface area contributed by atoms with Gasteiger partial charge in [0.25, 0.3) is 0 Å². The predicted octanol–water partition coefficient (Wildman–Crippen LogP) is 3.10. The number of aryl methyl sites for hydroxylation is 1. The number of benzene rings is 2. The number of hydrogen-bond acceptors (Lipinski definition) is 3. The van der Waals surface area contributed by atoms with Crippen LogP contribution in [-0.4, -0.2) is 33.1 Å². The molecule has 7 nitrogen and oxygen atoms in total. The van der Waals surface area contributed by atoms with Crippen LogP contribution in [0, 0.1) is 12.7 Å². The molecule has 2 aromatic carbocycles. The lowest BCUT2D eigenvalue weighted by molar-refractivity contribution is -0.123. The van der Waals surface area contributed by atoms with Gasteiger partial charge in [-0.3, -0.25) is 9.59 Å². The van der Waals surface area contributed by atoms with Crippen molar-refractivity contribution in [3.8, 4) is 5.69 Å². The smallest absolute Gasteiger partial charge is 0.243 e. The van der Waals surface area contributed by atoms with Crippen molar-refractivity contribution in [1.82, 2.24) is 20.1 Å². The molecule has 0 radical (unpaired) electrons. The van der Waals surface area contributed by atoms with Gasteiger partial charge in [0.15, 0.2) is 0 Å². The highest BCUT2D eigenvalue weighted by Crippen LogP contribution is 2.23. The molecule has 30 heavy (non-hydrogen) atoms. The average molecular weight is 405 g/mol. The van der Waals surface area contributed by atoms with Gasteiger partial charge in [0, 0.05) is 34.7 Å². The van der Waals surface area contributed by atoms with E-state index in [1.54, 1.807) is 29.1 Å². The van der Waals surface area contributed by atoms with E-state index in [9.17, 15) is 14.0 Å². The van der Waals surface area contributed by atoms with Crippen LogP contribution < -0.4 is 10.6 Å². The van der Waals surface area contributed by atoms with E-state index >= 15 is 0 Å².